The second-order valence-electron chi connectivity index (χ2n) is 5.78. The highest BCUT2D eigenvalue weighted by Gasteiger charge is 2.11. The van der Waals surface area contributed by atoms with Gasteiger partial charge >= 0.3 is 0 Å². The Labute approximate surface area is 145 Å². The summed E-state index contributed by atoms with van der Waals surface area (Å²) in [6.45, 7) is 3.90. The third-order valence-electron chi connectivity index (χ3n) is 3.77. The van der Waals surface area contributed by atoms with Gasteiger partial charge in [0.15, 0.2) is 5.76 Å². The van der Waals surface area contributed by atoms with Gasteiger partial charge in [-0.3, -0.25) is 9.59 Å². The molecule has 0 fully saturated rings. The third-order valence-corrected chi connectivity index (χ3v) is 3.77. The zero-order valence-electron chi connectivity index (χ0n) is 14.0. The molecule has 3 aromatic rings. The lowest BCUT2D eigenvalue weighted by atomic mass is 10.1. The van der Waals surface area contributed by atoms with Crippen LogP contribution in [-0.2, 0) is 0 Å². The number of hydrogen-bond acceptors (Lipinski definition) is 3. The lowest BCUT2D eigenvalue weighted by Gasteiger charge is -2.09. The van der Waals surface area contributed by atoms with Crippen molar-refractivity contribution in [3.63, 3.8) is 0 Å². The van der Waals surface area contributed by atoms with Crippen molar-refractivity contribution in [3.8, 4) is 0 Å². The predicted octanol–water partition coefficient (Wildman–Crippen LogP) is 4.40. The van der Waals surface area contributed by atoms with Gasteiger partial charge in [0, 0.05) is 16.9 Å². The number of carbonyl (C=O) groups excluding carboxylic acids is 2. The molecule has 25 heavy (non-hydrogen) atoms. The number of rotatable bonds is 4. The van der Waals surface area contributed by atoms with E-state index in [4.69, 9.17) is 4.42 Å². The van der Waals surface area contributed by atoms with Crippen LogP contribution in [0.2, 0.25) is 0 Å². The molecule has 1 aromatic heterocycles. The SMILES string of the molecule is Cc1ccc(C(=O)Nc2ccc(NC(=O)c3ccco3)cc2)c(C)c1. The molecule has 0 atom stereocenters. The van der Waals surface area contributed by atoms with Crippen molar-refractivity contribution < 1.29 is 14.0 Å². The lowest BCUT2D eigenvalue weighted by molar-refractivity contribution is 0.0994. The summed E-state index contributed by atoms with van der Waals surface area (Å²) >= 11 is 0. The average Bonchev–Trinajstić information content (AvgIpc) is 3.11. The Morgan fingerprint density at radius 2 is 1.48 bits per heavy atom. The summed E-state index contributed by atoms with van der Waals surface area (Å²) in [4.78, 5) is 24.3. The fourth-order valence-electron chi connectivity index (χ4n) is 2.50. The summed E-state index contributed by atoms with van der Waals surface area (Å²) in [5, 5.41) is 5.58. The minimum absolute atomic E-state index is 0.162. The zero-order chi connectivity index (χ0) is 17.8. The van der Waals surface area contributed by atoms with E-state index >= 15 is 0 Å². The first-order valence-electron chi connectivity index (χ1n) is 7.86. The number of aryl methyl sites for hydroxylation is 2. The Kier molecular flexibility index (Phi) is 4.66. The molecule has 0 aliphatic rings. The molecule has 0 saturated heterocycles. The molecule has 5 heteroatoms. The number of amides is 2. The van der Waals surface area contributed by atoms with Crippen molar-refractivity contribution in [2.24, 2.45) is 0 Å². The van der Waals surface area contributed by atoms with Crippen molar-refractivity contribution in [1.82, 2.24) is 0 Å². The first-order valence-corrected chi connectivity index (χ1v) is 7.86. The highest BCUT2D eigenvalue weighted by Crippen LogP contribution is 2.17. The fourth-order valence-corrected chi connectivity index (χ4v) is 2.50. The second kappa shape index (κ2) is 7.05. The molecular weight excluding hydrogens is 316 g/mol. The molecule has 5 nitrogen and oxygen atoms in total. The van der Waals surface area contributed by atoms with Crippen LogP contribution in [0.1, 0.15) is 32.0 Å². The molecule has 0 aliphatic heterocycles. The van der Waals surface area contributed by atoms with E-state index in [0.29, 0.717) is 16.9 Å². The van der Waals surface area contributed by atoms with Crippen molar-refractivity contribution in [2.75, 3.05) is 10.6 Å². The van der Waals surface area contributed by atoms with Crippen LogP contribution in [0.4, 0.5) is 11.4 Å². The molecule has 2 aromatic carbocycles. The van der Waals surface area contributed by atoms with Crippen LogP contribution in [0, 0.1) is 13.8 Å². The van der Waals surface area contributed by atoms with E-state index in [1.165, 1.54) is 6.26 Å². The van der Waals surface area contributed by atoms with Crippen molar-refractivity contribution in [3.05, 3.63) is 83.3 Å². The minimum atomic E-state index is -0.322. The summed E-state index contributed by atoms with van der Waals surface area (Å²) in [7, 11) is 0. The van der Waals surface area contributed by atoms with Crippen LogP contribution >= 0.6 is 0 Å². The van der Waals surface area contributed by atoms with E-state index < -0.39 is 0 Å². The van der Waals surface area contributed by atoms with Crippen molar-refractivity contribution in [1.29, 1.82) is 0 Å². The number of nitrogens with one attached hydrogen (secondary N) is 2. The van der Waals surface area contributed by atoms with Gasteiger partial charge < -0.3 is 15.1 Å². The Bertz CT molecular complexity index is 897. The molecule has 0 aliphatic carbocycles. The van der Waals surface area contributed by atoms with Gasteiger partial charge in [0.2, 0.25) is 0 Å². The molecule has 0 saturated carbocycles. The first-order chi connectivity index (χ1) is 12.0. The number of anilines is 2. The smallest absolute Gasteiger partial charge is 0.291 e. The Morgan fingerprint density at radius 3 is 2.04 bits per heavy atom. The molecule has 3 rings (SSSR count). The van der Waals surface area contributed by atoms with Gasteiger partial charge in [-0.2, -0.15) is 0 Å². The van der Waals surface area contributed by atoms with E-state index in [-0.39, 0.29) is 17.6 Å². The highest BCUT2D eigenvalue weighted by molar-refractivity contribution is 6.05. The molecule has 0 radical (unpaired) electrons. The Morgan fingerprint density at radius 1 is 0.840 bits per heavy atom. The lowest BCUT2D eigenvalue weighted by Crippen LogP contribution is -2.14. The number of furan rings is 1. The standard InChI is InChI=1S/C20H18N2O3/c1-13-5-10-17(14(2)12-13)19(23)21-15-6-8-16(9-7-15)22-20(24)18-4-3-11-25-18/h3-12H,1-2H3,(H,21,23)(H,22,24). The highest BCUT2D eigenvalue weighted by atomic mass is 16.3. The summed E-state index contributed by atoms with van der Waals surface area (Å²) in [6.07, 6.45) is 1.45. The van der Waals surface area contributed by atoms with Crippen LogP contribution in [0.15, 0.2) is 65.3 Å². The second-order valence-corrected chi connectivity index (χ2v) is 5.78. The van der Waals surface area contributed by atoms with E-state index in [0.717, 1.165) is 11.1 Å². The van der Waals surface area contributed by atoms with Crippen molar-refractivity contribution >= 4 is 23.2 Å². The number of benzene rings is 2. The van der Waals surface area contributed by atoms with Crippen LogP contribution < -0.4 is 10.6 Å². The topological polar surface area (TPSA) is 71.3 Å². The molecule has 2 N–H and O–H groups in total. The van der Waals surface area contributed by atoms with Crippen molar-refractivity contribution in [2.45, 2.75) is 13.8 Å². The maximum absolute atomic E-state index is 12.4. The van der Waals surface area contributed by atoms with Gasteiger partial charge in [-0.05, 0) is 61.9 Å². The van der Waals surface area contributed by atoms with Crippen LogP contribution in [-0.4, -0.2) is 11.8 Å². The van der Waals surface area contributed by atoms with E-state index in [9.17, 15) is 9.59 Å². The molecule has 126 valence electrons. The van der Waals surface area contributed by atoms with Crippen LogP contribution in [0.25, 0.3) is 0 Å². The predicted molar refractivity (Wildman–Crippen MR) is 97.0 cm³/mol. The largest absolute Gasteiger partial charge is 0.459 e. The zero-order valence-corrected chi connectivity index (χ0v) is 14.0. The van der Waals surface area contributed by atoms with Gasteiger partial charge in [-0.15, -0.1) is 0 Å². The van der Waals surface area contributed by atoms with Gasteiger partial charge in [-0.25, -0.2) is 0 Å². The van der Waals surface area contributed by atoms with E-state index in [2.05, 4.69) is 10.6 Å². The normalized spacial score (nSPS) is 10.3. The summed E-state index contributed by atoms with van der Waals surface area (Å²) in [5.74, 6) is -0.242. The quantitative estimate of drug-likeness (QED) is 0.743. The van der Waals surface area contributed by atoms with Gasteiger partial charge in [0.1, 0.15) is 0 Å². The third kappa shape index (κ3) is 3.95. The van der Waals surface area contributed by atoms with Gasteiger partial charge in [0.25, 0.3) is 11.8 Å². The Hall–Kier alpha value is -3.34. The van der Waals surface area contributed by atoms with Crippen LogP contribution in [0.3, 0.4) is 0 Å². The Balaban J connectivity index is 1.66. The molecule has 1 heterocycles. The van der Waals surface area contributed by atoms with E-state index in [1.54, 1.807) is 36.4 Å². The first kappa shape index (κ1) is 16.5. The minimum Gasteiger partial charge on any atom is -0.459 e. The van der Waals surface area contributed by atoms with E-state index in [1.807, 2.05) is 32.0 Å². The molecule has 0 unspecified atom stereocenters. The fraction of sp³-hybridized carbons (Fsp3) is 0.100. The van der Waals surface area contributed by atoms with Crippen LogP contribution in [0.5, 0.6) is 0 Å². The number of hydrogen-bond donors (Lipinski definition) is 2. The molecular formula is C20H18N2O3. The molecule has 0 bridgehead atoms. The summed E-state index contributed by atoms with van der Waals surface area (Å²) < 4.78 is 5.04. The maximum Gasteiger partial charge on any atom is 0.291 e. The average molecular weight is 334 g/mol. The summed E-state index contributed by atoms with van der Waals surface area (Å²) in [5.41, 5.74) is 3.96. The molecule has 0 spiro atoms. The van der Waals surface area contributed by atoms with Gasteiger partial charge in [0.05, 0.1) is 6.26 Å². The number of carbonyl (C=O) groups is 2. The van der Waals surface area contributed by atoms with Gasteiger partial charge in [-0.1, -0.05) is 17.7 Å². The summed E-state index contributed by atoms with van der Waals surface area (Å²) in [6, 6.07) is 15.9. The molecule has 2 amide bonds. The maximum atomic E-state index is 12.4. The monoisotopic (exact) mass is 334 g/mol.